The maximum absolute atomic E-state index is 11.8. The second-order valence-electron chi connectivity index (χ2n) is 8.51. The molecule has 1 atom stereocenters. The van der Waals surface area contributed by atoms with E-state index in [1.165, 1.54) is 18.2 Å². The number of rotatable bonds is 5. The van der Waals surface area contributed by atoms with Crippen LogP contribution in [0.3, 0.4) is 0 Å². The number of hydrogen-bond acceptors (Lipinski definition) is 4. The average molecular weight is 528 g/mol. The Bertz CT molecular complexity index is 717. The van der Waals surface area contributed by atoms with Gasteiger partial charge in [-0.25, -0.2) is 0 Å². The number of methoxy groups -OCH3 is 1. The van der Waals surface area contributed by atoms with Gasteiger partial charge in [-0.15, -0.1) is 24.0 Å². The fraction of sp³-hybridized carbons (Fsp3) is 0.652. The van der Waals surface area contributed by atoms with Crippen molar-refractivity contribution in [3.05, 3.63) is 35.4 Å². The normalized spacial score (nSPS) is 19.1. The van der Waals surface area contributed by atoms with Crippen LogP contribution in [-0.4, -0.2) is 68.1 Å². The molecule has 0 bridgehead atoms. The van der Waals surface area contributed by atoms with Crippen molar-refractivity contribution in [1.29, 1.82) is 0 Å². The molecule has 0 radical (unpaired) electrons. The van der Waals surface area contributed by atoms with Crippen LogP contribution in [0.2, 0.25) is 0 Å². The van der Waals surface area contributed by atoms with Crippen molar-refractivity contribution in [2.24, 2.45) is 16.8 Å². The van der Waals surface area contributed by atoms with Gasteiger partial charge >= 0.3 is 5.97 Å². The maximum atomic E-state index is 11.8. The van der Waals surface area contributed by atoms with E-state index < -0.39 is 0 Å². The summed E-state index contributed by atoms with van der Waals surface area (Å²) in [6.07, 6.45) is 2.77. The van der Waals surface area contributed by atoms with Gasteiger partial charge in [0.1, 0.15) is 0 Å². The first-order valence-corrected chi connectivity index (χ1v) is 10.9. The summed E-state index contributed by atoms with van der Waals surface area (Å²) in [6.45, 7) is 9.28. The molecule has 1 unspecified atom stereocenters. The molecule has 168 valence electrons. The summed E-state index contributed by atoms with van der Waals surface area (Å²) in [7, 11) is 3.32. The third-order valence-electron chi connectivity index (χ3n) is 6.41. The molecule has 6 nitrogen and oxygen atoms in total. The Morgan fingerprint density at radius 2 is 1.87 bits per heavy atom. The van der Waals surface area contributed by atoms with E-state index in [4.69, 9.17) is 4.74 Å². The van der Waals surface area contributed by atoms with E-state index in [0.29, 0.717) is 12.0 Å². The minimum atomic E-state index is -0.0853. The molecule has 2 aliphatic rings. The number of hydrogen-bond donors (Lipinski definition) is 1. The van der Waals surface area contributed by atoms with Crippen LogP contribution in [0.5, 0.6) is 0 Å². The first-order chi connectivity index (χ1) is 14.0. The van der Waals surface area contributed by atoms with Crippen LogP contribution >= 0.6 is 24.0 Å². The number of fused-ring (bicyclic) bond motifs is 1. The van der Waals surface area contributed by atoms with Crippen molar-refractivity contribution in [2.45, 2.75) is 45.7 Å². The van der Waals surface area contributed by atoms with E-state index in [1.54, 1.807) is 0 Å². The lowest BCUT2D eigenvalue weighted by atomic mass is 9.95. The lowest BCUT2D eigenvalue weighted by Gasteiger charge is -2.39. The molecule has 7 heteroatoms. The summed E-state index contributed by atoms with van der Waals surface area (Å²) in [5, 5.41) is 3.62. The molecule has 2 heterocycles. The molecule has 2 aliphatic heterocycles. The number of likely N-dealkylation sites (tertiary alicyclic amines) is 1. The number of nitrogens with zero attached hydrogens (tertiary/aromatic N) is 3. The van der Waals surface area contributed by atoms with Crippen molar-refractivity contribution in [3.63, 3.8) is 0 Å². The summed E-state index contributed by atoms with van der Waals surface area (Å²) in [4.78, 5) is 21.2. The summed E-state index contributed by atoms with van der Waals surface area (Å²) in [5.41, 5.74) is 2.95. The van der Waals surface area contributed by atoms with Gasteiger partial charge in [-0.3, -0.25) is 14.7 Å². The molecular weight excluding hydrogens is 491 g/mol. The fourth-order valence-electron chi connectivity index (χ4n) is 4.61. The van der Waals surface area contributed by atoms with E-state index in [-0.39, 0.29) is 35.9 Å². The van der Waals surface area contributed by atoms with Crippen molar-refractivity contribution in [1.82, 2.24) is 15.1 Å². The van der Waals surface area contributed by atoms with Crippen LogP contribution < -0.4 is 5.32 Å². The molecule has 1 fully saturated rings. The molecule has 1 aromatic rings. The quantitative estimate of drug-likeness (QED) is 0.276. The Labute approximate surface area is 198 Å². The molecular formula is C23H37IN4O2. The number of nitrogens with one attached hydrogen (secondary N) is 1. The number of halogens is 1. The molecule has 0 spiro atoms. The number of aliphatic imine (C=N–C) groups is 1. The zero-order valence-corrected chi connectivity index (χ0v) is 21.1. The molecule has 0 aromatic heterocycles. The largest absolute Gasteiger partial charge is 0.469 e. The summed E-state index contributed by atoms with van der Waals surface area (Å²) >= 11 is 0. The van der Waals surface area contributed by atoms with Gasteiger partial charge in [0.2, 0.25) is 0 Å². The number of esters is 1. The predicted molar refractivity (Wildman–Crippen MR) is 132 cm³/mol. The lowest BCUT2D eigenvalue weighted by molar-refractivity contribution is -0.146. The number of piperidine rings is 1. The Morgan fingerprint density at radius 1 is 1.20 bits per heavy atom. The fourth-order valence-corrected chi connectivity index (χ4v) is 4.61. The highest BCUT2D eigenvalue weighted by molar-refractivity contribution is 14.0. The summed E-state index contributed by atoms with van der Waals surface area (Å²) in [6, 6.07) is 9.26. The minimum Gasteiger partial charge on any atom is -0.469 e. The van der Waals surface area contributed by atoms with Gasteiger partial charge < -0.3 is 15.0 Å². The molecule has 0 saturated carbocycles. The number of benzene rings is 1. The SMILES string of the molecule is CN=C(NCC(C(C)C)N1CCc2ccccc2C1)N1CCC(C(=O)OC)CC1.I. The minimum absolute atomic E-state index is 0. The third-order valence-corrected chi connectivity index (χ3v) is 6.41. The van der Waals surface area contributed by atoms with Gasteiger partial charge in [0.15, 0.2) is 5.96 Å². The van der Waals surface area contributed by atoms with Gasteiger partial charge in [0.25, 0.3) is 0 Å². The highest BCUT2D eigenvalue weighted by Gasteiger charge is 2.29. The monoisotopic (exact) mass is 528 g/mol. The Balaban J connectivity index is 0.00000320. The van der Waals surface area contributed by atoms with Crippen molar-refractivity contribution < 1.29 is 9.53 Å². The molecule has 3 rings (SSSR count). The highest BCUT2D eigenvalue weighted by atomic mass is 127. The van der Waals surface area contributed by atoms with Crippen LogP contribution in [0.4, 0.5) is 0 Å². The van der Waals surface area contributed by atoms with E-state index in [1.807, 2.05) is 7.05 Å². The van der Waals surface area contributed by atoms with Gasteiger partial charge in [0.05, 0.1) is 13.0 Å². The van der Waals surface area contributed by atoms with Crippen LogP contribution in [-0.2, 0) is 22.5 Å². The number of guanidine groups is 1. The second kappa shape index (κ2) is 11.9. The van der Waals surface area contributed by atoms with Crippen LogP contribution in [0.1, 0.15) is 37.8 Å². The van der Waals surface area contributed by atoms with Crippen molar-refractivity contribution >= 4 is 35.9 Å². The molecule has 30 heavy (non-hydrogen) atoms. The topological polar surface area (TPSA) is 57.2 Å². The van der Waals surface area contributed by atoms with E-state index in [2.05, 4.69) is 58.2 Å². The Kier molecular flexibility index (Phi) is 9.87. The van der Waals surface area contributed by atoms with E-state index in [0.717, 1.165) is 57.9 Å². The first kappa shape index (κ1) is 24.9. The van der Waals surface area contributed by atoms with Gasteiger partial charge in [0, 0.05) is 45.8 Å². The van der Waals surface area contributed by atoms with Crippen LogP contribution in [0.25, 0.3) is 0 Å². The van der Waals surface area contributed by atoms with Gasteiger partial charge in [-0.2, -0.15) is 0 Å². The maximum Gasteiger partial charge on any atom is 0.308 e. The summed E-state index contributed by atoms with van der Waals surface area (Å²) in [5.74, 6) is 1.43. The highest BCUT2D eigenvalue weighted by Crippen LogP contribution is 2.23. The van der Waals surface area contributed by atoms with Gasteiger partial charge in [-0.05, 0) is 36.3 Å². The zero-order valence-electron chi connectivity index (χ0n) is 18.8. The predicted octanol–water partition coefficient (Wildman–Crippen LogP) is 3.15. The van der Waals surface area contributed by atoms with Gasteiger partial charge in [-0.1, -0.05) is 38.1 Å². The lowest BCUT2D eigenvalue weighted by Crippen LogP contribution is -2.52. The van der Waals surface area contributed by atoms with Crippen molar-refractivity contribution in [3.8, 4) is 0 Å². The van der Waals surface area contributed by atoms with E-state index in [9.17, 15) is 4.79 Å². The standard InChI is InChI=1S/C23H36N4O2.HI/c1-17(2)21(27-14-9-18-7-5-6-8-20(18)16-27)15-25-23(24-3)26-12-10-19(11-13-26)22(28)29-4;/h5-8,17,19,21H,9-16H2,1-4H3,(H,24,25);1H. The number of carbonyl (C=O) groups excluding carboxylic acids is 1. The Hall–Kier alpha value is -1.35. The van der Waals surface area contributed by atoms with Crippen LogP contribution in [0.15, 0.2) is 29.3 Å². The molecule has 1 N–H and O–H groups in total. The van der Waals surface area contributed by atoms with E-state index >= 15 is 0 Å². The number of ether oxygens (including phenoxy) is 1. The average Bonchev–Trinajstić information content (AvgIpc) is 2.76. The Morgan fingerprint density at radius 3 is 2.47 bits per heavy atom. The number of carbonyl (C=O) groups is 1. The molecule has 1 saturated heterocycles. The second-order valence-corrected chi connectivity index (χ2v) is 8.51. The summed E-state index contributed by atoms with van der Waals surface area (Å²) < 4.78 is 4.90. The first-order valence-electron chi connectivity index (χ1n) is 10.9. The zero-order chi connectivity index (χ0) is 20.8. The smallest absolute Gasteiger partial charge is 0.308 e. The molecule has 1 aromatic carbocycles. The third kappa shape index (κ3) is 6.09. The van der Waals surface area contributed by atoms with Crippen molar-refractivity contribution in [2.75, 3.05) is 40.3 Å². The molecule has 0 amide bonds. The van der Waals surface area contributed by atoms with Crippen LogP contribution in [0, 0.1) is 11.8 Å². The molecule has 0 aliphatic carbocycles.